The van der Waals surface area contributed by atoms with Crippen molar-refractivity contribution in [1.29, 1.82) is 0 Å². The maximum absolute atomic E-state index is 11.9. The van der Waals surface area contributed by atoms with Crippen molar-refractivity contribution in [1.82, 2.24) is 13.6 Å². The molecule has 112 valence electrons. The van der Waals surface area contributed by atoms with Gasteiger partial charge in [-0.2, -0.15) is 4.37 Å². The topological polar surface area (TPSA) is 55.3 Å². The minimum atomic E-state index is -0.492. The fourth-order valence-corrected chi connectivity index (χ4v) is 2.78. The molecule has 0 fully saturated rings. The number of amides is 1. The van der Waals surface area contributed by atoms with Gasteiger partial charge in [-0.05, 0) is 18.6 Å². The molecule has 5 nitrogen and oxygen atoms in total. The zero-order valence-electron chi connectivity index (χ0n) is 11.5. The predicted molar refractivity (Wildman–Crippen MR) is 84.3 cm³/mol. The van der Waals surface area contributed by atoms with Crippen LogP contribution in [0.3, 0.4) is 0 Å². The highest BCUT2D eigenvalue weighted by molar-refractivity contribution is 6.99. The summed E-state index contributed by atoms with van der Waals surface area (Å²) in [5.41, 5.74) is 0.879. The minimum Gasteiger partial charge on any atom is -0.388 e. The molecule has 0 N–H and O–H groups in total. The van der Waals surface area contributed by atoms with Gasteiger partial charge in [0.1, 0.15) is 0 Å². The standard InChI is InChI=1S/C13H13Cl2N3O2S/c1-3-7-18(2)13(19)20-12-11(16-21-17-12)10-8(14)5-4-6-9(10)15/h4-6H,3,7H2,1-2H3. The zero-order valence-corrected chi connectivity index (χ0v) is 13.8. The van der Waals surface area contributed by atoms with E-state index in [0.29, 0.717) is 27.8 Å². The number of hydrogen-bond donors (Lipinski definition) is 0. The van der Waals surface area contributed by atoms with Gasteiger partial charge in [-0.1, -0.05) is 36.2 Å². The third kappa shape index (κ3) is 3.64. The lowest BCUT2D eigenvalue weighted by molar-refractivity contribution is 0.162. The average Bonchev–Trinajstić information content (AvgIpc) is 2.87. The summed E-state index contributed by atoms with van der Waals surface area (Å²) in [6.07, 6.45) is 0.346. The Morgan fingerprint density at radius 3 is 2.62 bits per heavy atom. The molecule has 0 aliphatic carbocycles. The highest BCUT2D eigenvalue weighted by Gasteiger charge is 2.21. The van der Waals surface area contributed by atoms with Crippen LogP contribution in [-0.2, 0) is 0 Å². The fourth-order valence-electron chi connectivity index (χ4n) is 1.71. The first-order valence-electron chi connectivity index (χ1n) is 6.24. The lowest BCUT2D eigenvalue weighted by Gasteiger charge is -2.15. The molecule has 1 heterocycles. The number of rotatable bonds is 4. The molecule has 21 heavy (non-hydrogen) atoms. The summed E-state index contributed by atoms with van der Waals surface area (Å²) in [6, 6.07) is 5.11. The molecule has 1 amide bonds. The Hall–Kier alpha value is -1.37. The Morgan fingerprint density at radius 2 is 2.00 bits per heavy atom. The highest BCUT2D eigenvalue weighted by Crippen LogP contribution is 2.38. The molecule has 2 aromatic rings. The number of aromatic nitrogens is 2. The van der Waals surface area contributed by atoms with Crippen molar-refractivity contribution in [3.05, 3.63) is 28.2 Å². The first-order chi connectivity index (χ1) is 10.0. The van der Waals surface area contributed by atoms with E-state index < -0.39 is 6.09 Å². The monoisotopic (exact) mass is 345 g/mol. The van der Waals surface area contributed by atoms with Gasteiger partial charge < -0.3 is 9.64 Å². The van der Waals surface area contributed by atoms with Gasteiger partial charge in [-0.25, -0.2) is 4.79 Å². The van der Waals surface area contributed by atoms with Crippen molar-refractivity contribution in [3.8, 4) is 17.1 Å². The van der Waals surface area contributed by atoms with Crippen LogP contribution < -0.4 is 4.74 Å². The number of carbonyl (C=O) groups excluding carboxylic acids is 1. The SMILES string of the molecule is CCCN(C)C(=O)Oc1nsnc1-c1c(Cl)cccc1Cl. The molecule has 0 atom stereocenters. The van der Waals surface area contributed by atoms with Gasteiger partial charge in [0.25, 0.3) is 5.88 Å². The van der Waals surface area contributed by atoms with E-state index in [1.54, 1.807) is 25.2 Å². The molecular weight excluding hydrogens is 333 g/mol. The Balaban J connectivity index is 2.29. The van der Waals surface area contributed by atoms with E-state index in [4.69, 9.17) is 27.9 Å². The normalized spacial score (nSPS) is 10.5. The molecule has 1 aromatic heterocycles. The summed E-state index contributed by atoms with van der Waals surface area (Å²) in [5, 5.41) is 0.851. The summed E-state index contributed by atoms with van der Waals surface area (Å²) in [5.74, 6) is 0.114. The van der Waals surface area contributed by atoms with Gasteiger partial charge >= 0.3 is 6.09 Å². The van der Waals surface area contributed by atoms with Crippen LogP contribution in [-0.4, -0.2) is 33.3 Å². The molecule has 0 radical (unpaired) electrons. The molecule has 8 heteroatoms. The van der Waals surface area contributed by atoms with Crippen molar-refractivity contribution >= 4 is 41.0 Å². The van der Waals surface area contributed by atoms with E-state index in [9.17, 15) is 4.79 Å². The molecule has 0 spiro atoms. The van der Waals surface area contributed by atoms with E-state index in [1.807, 2.05) is 6.92 Å². The molecule has 0 aliphatic heterocycles. The van der Waals surface area contributed by atoms with E-state index in [2.05, 4.69) is 8.75 Å². The van der Waals surface area contributed by atoms with E-state index in [-0.39, 0.29) is 5.88 Å². The van der Waals surface area contributed by atoms with Crippen molar-refractivity contribution in [2.75, 3.05) is 13.6 Å². The largest absolute Gasteiger partial charge is 0.416 e. The van der Waals surface area contributed by atoms with Crippen molar-refractivity contribution < 1.29 is 9.53 Å². The van der Waals surface area contributed by atoms with Crippen LogP contribution in [0.1, 0.15) is 13.3 Å². The van der Waals surface area contributed by atoms with Gasteiger partial charge in [-0.15, -0.1) is 4.37 Å². The smallest absolute Gasteiger partial charge is 0.388 e. The third-order valence-corrected chi connectivity index (χ3v) is 3.85. The van der Waals surface area contributed by atoms with Gasteiger partial charge in [0.05, 0.1) is 21.8 Å². The Bertz CT molecular complexity index is 628. The molecule has 0 saturated heterocycles. The quantitative estimate of drug-likeness (QED) is 0.826. The van der Waals surface area contributed by atoms with Crippen LogP contribution in [0, 0.1) is 0 Å². The van der Waals surface area contributed by atoms with Crippen molar-refractivity contribution in [2.24, 2.45) is 0 Å². The predicted octanol–water partition coefficient (Wildman–Crippen LogP) is 4.35. The van der Waals surface area contributed by atoms with Crippen LogP contribution in [0.5, 0.6) is 5.88 Å². The van der Waals surface area contributed by atoms with Gasteiger partial charge in [0.15, 0.2) is 5.69 Å². The third-order valence-electron chi connectivity index (χ3n) is 2.71. The first kappa shape index (κ1) is 16.0. The van der Waals surface area contributed by atoms with E-state index in [1.165, 1.54) is 4.90 Å². The highest BCUT2D eigenvalue weighted by atomic mass is 35.5. The van der Waals surface area contributed by atoms with Gasteiger partial charge in [-0.3, -0.25) is 0 Å². The number of carbonyl (C=O) groups is 1. The zero-order chi connectivity index (χ0) is 15.4. The molecule has 0 bridgehead atoms. The summed E-state index contributed by atoms with van der Waals surface area (Å²) < 4.78 is 13.4. The maximum atomic E-state index is 11.9. The molecule has 0 aliphatic rings. The molecular formula is C13H13Cl2N3O2S. The van der Waals surface area contributed by atoms with Crippen molar-refractivity contribution in [2.45, 2.75) is 13.3 Å². The Labute approximate surface area is 136 Å². The fraction of sp³-hybridized carbons (Fsp3) is 0.308. The van der Waals surface area contributed by atoms with Crippen LogP contribution in [0.2, 0.25) is 10.0 Å². The van der Waals surface area contributed by atoms with Crippen LogP contribution >= 0.6 is 34.9 Å². The summed E-state index contributed by atoms with van der Waals surface area (Å²) in [6.45, 7) is 2.57. The first-order valence-corrected chi connectivity index (χ1v) is 7.73. The van der Waals surface area contributed by atoms with E-state index >= 15 is 0 Å². The Kier molecular flexibility index (Phi) is 5.39. The molecule has 0 saturated carbocycles. The second-order valence-electron chi connectivity index (χ2n) is 4.30. The number of benzene rings is 1. The van der Waals surface area contributed by atoms with E-state index in [0.717, 1.165) is 18.1 Å². The molecule has 0 unspecified atom stereocenters. The number of nitrogens with zero attached hydrogens (tertiary/aromatic N) is 3. The summed E-state index contributed by atoms with van der Waals surface area (Å²) in [7, 11) is 1.66. The van der Waals surface area contributed by atoms with Crippen LogP contribution in [0.15, 0.2) is 18.2 Å². The number of halogens is 2. The van der Waals surface area contributed by atoms with Crippen LogP contribution in [0.4, 0.5) is 4.79 Å². The van der Waals surface area contributed by atoms with Gasteiger partial charge in [0, 0.05) is 19.2 Å². The number of ether oxygens (including phenoxy) is 1. The Morgan fingerprint density at radius 1 is 1.33 bits per heavy atom. The molecule has 1 aromatic carbocycles. The lowest BCUT2D eigenvalue weighted by Crippen LogP contribution is -2.30. The molecule has 2 rings (SSSR count). The minimum absolute atomic E-state index is 0.114. The second kappa shape index (κ2) is 7.06. The summed E-state index contributed by atoms with van der Waals surface area (Å²) in [4.78, 5) is 13.4. The van der Waals surface area contributed by atoms with Crippen molar-refractivity contribution in [3.63, 3.8) is 0 Å². The maximum Gasteiger partial charge on any atom is 0.416 e. The summed E-state index contributed by atoms with van der Waals surface area (Å²) >= 11 is 13.2. The van der Waals surface area contributed by atoms with Gasteiger partial charge in [0.2, 0.25) is 0 Å². The second-order valence-corrected chi connectivity index (χ2v) is 5.65. The van der Waals surface area contributed by atoms with Crippen LogP contribution in [0.25, 0.3) is 11.3 Å². The lowest BCUT2D eigenvalue weighted by atomic mass is 10.1. The average molecular weight is 346 g/mol. The number of hydrogen-bond acceptors (Lipinski definition) is 5.